The van der Waals surface area contributed by atoms with Crippen LogP contribution in [0.15, 0.2) is 0 Å². The zero-order valence-corrected chi connectivity index (χ0v) is 5.70. The number of hydrogen-bond acceptors (Lipinski definition) is 5. The van der Waals surface area contributed by atoms with E-state index in [2.05, 4.69) is 9.57 Å². The van der Waals surface area contributed by atoms with Crippen LogP contribution in [0.3, 0.4) is 0 Å². The molecule has 1 fully saturated rings. The van der Waals surface area contributed by atoms with E-state index in [1.54, 1.807) is 0 Å². The summed E-state index contributed by atoms with van der Waals surface area (Å²) in [7, 11) is 0. The van der Waals surface area contributed by atoms with Gasteiger partial charge in [-0.15, -0.1) is 0 Å². The van der Waals surface area contributed by atoms with Gasteiger partial charge in [0.25, 0.3) is 0 Å². The van der Waals surface area contributed by atoms with Crippen molar-refractivity contribution in [2.75, 3.05) is 6.61 Å². The molecule has 0 unspecified atom stereocenters. The lowest BCUT2D eigenvalue weighted by atomic mass is 10.7. The van der Waals surface area contributed by atoms with Gasteiger partial charge in [-0.2, -0.15) is 0 Å². The van der Waals surface area contributed by atoms with Gasteiger partial charge in [0.2, 0.25) is 0 Å². The predicted octanol–water partition coefficient (Wildman–Crippen LogP) is -0.557. The molecule has 0 saturated carbocycles. The van der Waals surface area contributed by atoms with Gasteiger partial charge in [-0.3, -0.25) is 4.79 Å². The summed E-state index contributed by atoms with van der Waals surface area (Å²) in [5, 5.41) is 0.294. The maximum Gasteiger partial charge on any atom is 0.451 e. The minimum Gasteiger partial charge on any atom is -0.437 e. The summed E-state index contributed by atoms with van der Waals surface area (Å²) in [6.45, 7) is 0.713. The molecular weight excluding hydrogens is 154 g/mol. The quantitative estimate of drug-likeness (QED) is 0.512. The summed E-state index contributed by atoms with van der Waals surface area (Å²) in [4.78, 5) is 35.6. The second kappa shape index (κ2) is 2.57. The lowest BCUT2D eigenvalue weighted by molar-refractivity contribution is -0.180. The molecule has 1 saturated heterocycles. The largest absolute Gasteiger partial charge is 0.451 e. The molecule has 0 aliphatic carbocycles. The number of rotatable bonds is 1. The molecule has 0 aromatic carbocycles. The van der Waals surface area contributed by atoms with Gasteiger partial charge in [0, 0.05) is 6.92 Å². The van der Waals surface area contributed by atoms with Crippen molar-refractivity contribution in [2.45, 2.75) is 6.92 Å². The van der Waals surface area contributed by atoms with Crippen molar-refractivity contribution < 1.29 is 24.0 Å². The number of carbonyl (C=O) groups is 3. The number of amides is 2. The molecule has 0 bridgehead atoms. The molecule has 60 valence electrons. The number of carbonyl (C=O) groups excluding carboxylic acids is 3. The van der Waals surface area contributed by atoms with Crippen LogP contribution in [0.4, 0.5) is 4.79 Å². The van der Waals surface area contributed by atoms with E-state index >= 15 is 0 Å². The Balaban J connectivity index is 2.62. The molecule has 6 heteroatoms. The van der Waals surface area contributed by atoms with E-state index < -0.39 is 18.0 Å². The highest BCUT2D eigenvalue weighted by Gasteiger charge is 2.34. The highest BCUT2D eigenvalue weighted by Crippen LogP contribution is 2.05. The average molecular weight is 159 g/mol. The SMILES string of the molecule is CC(=O)ON1C(=O)COC1=O. The van der Waals surface area contributed by atoms with E-state index in [0.717, 1.165) is 6.92 Å². The topological polar surface area (TPSA) is 72.9 Å². The Hall–Kier alpha value is -1.59. The minimum atomic E-state index is -0.954. The molecule has 2 amide bonds. The van der Waals surface area contributed by atoms with Crippen LogP contribution in [0, 0.1) is 0 Å². The first kappa shape index (κ1) is 7.52. The number of hydrogen-bond donors (Lipinski definition) is 0. The second-order valence-electron chi connectivity index (χ2n) is 1.83. The second-order valence-corrected chi connectivity index (χ2v) is 1.83. The molecule has 1 aliphatic heterocycles. The van der Waals surface area contributed by atoms with Gasteiger partial charge >= 0.3 is 18.0 Å². The van der Waals surface area contributed by atoms with Crippen molar-refractivity contribution in [3.63, 3.8) is 0 Å². The van der Waals surface area contributed by atoms with Gasteiger partial charge in [0.1, 0.15) is 0 Å². The lowest BCUT2D eigenvalue weighted by Gasteiger charge is -2.06. The minimum absolute atomic E-state index is 0.294. The van der Waals surface area contributed by atoms with Crippen LogP contribution in [0.1, 0.15) is 6.92 Å². The molecule has 0 atom stereocenters. The van der Waals surface area contributed by atoms with Crippen LogP contribution >= 0.6 is 0 Å². The highest BCUT2D eigenvalue weighted by atomic mass is 16.8. The first-order valence-corrected chi connectivity index (χ1v) is 2.79. The van der Waals surface area contributed by atoms with Crippen molar-refractivity contribution in [2.24, 2.45) is 0 Å². The van der Waals surface area contributed by atoms with Crippen LogP contribution in [0.25, 0.3) is 0 Å². The number of cyclic esters (lactones) is 1. The van der Waals surface area contributed by atoms with Crippen molar-refractivity contribution >= 4 is 18.0 Å². The van der Waals surface area contributed by atoms with Crippen LogP contribution in [-0.4, -0.2) is 29.6 Å². The molecule has 11 heavy (non-hydrogen) atoms. The fourth-order valence-electron chi connectivity index (χ4n) is 0.559. The van der Waals surface area contributed by atoms with E-state index in [0.29, 0.717) is 5.06 Å². The van der Waals surface area contributed by atoms with Crippen LogP contribution < -0.4 is 0 Å². The van der Waals surface area contributed by atoms with E-state index in [1.165, 1.54) is 0 Å². The third-order valence-corrected chi connectivity index (χ3v) is 0.931. The van der Waals surface area contributed by atoms with Crippen LogP contribution in [0.2, 0.25) is 0 Å². The Bertz CT molecular complexity index is 207. The molecular formula is C5H5NO5. The Morgan fingerprint density at radius 3 is 2.64 bits per heavy atom. The Morgan fingerprint density at radius 2 is 2.27 bits per heavy atom. The maximum atomic E-state index is 10.6. The van der Waals surface area contributed by atoms with Crippen LogP contribution in [0.5, 0.6) is 0 Å². The van der Waals surface area contributed by atoms with E-state index in [-0.39, 0.29) is 6.61 Å². The van der Waals surface area contributed by atoms with Crippen molar-refractivity contribution in [1.82, 2.24) is 5.06 Å². The molecule has 1 rings (SSSR count). The summed E-state index contributed by atoms with van der Waals surface area (Å²) in [5.74, 6) is -1.41. The van der Waals surface area contributed by atoms with Crippen molar-refractivity contribution in [3.8, 4) is 0 Å². The summed E-state index contributed by atoms with van der Waals surface area (Å²) < 4.78 is 4.24. The predicted molar refractivity (Wildman–Crippen MR) is 30.0 cm³/mol. The molecule has 1 aliphatic rings. The summed E-state index contributed by atoms with van der Waals surface area (Å²) in [6.07, 6.45) is -0.954. The van der Waals surface area contributed by atoms with Crippen molar-refractivity contribution in [3.05, 3.63) is 0 Å². The monoisotopic (exact) mass is 159 g/mol. The van der Waals surface area contributed by atoms with Crippen LogP contribution in [-0.2, 0) is 19.2 Å². The molecule has 0 N–H and O–H groups in total. The normalized spacial score (nSPS) is 16.6. The molecule has 0 aromatic rings. The standard InChI is InChI=1S/C5H5NO5/c1-3(7)11-6-4(8)2-10-5(6)9/h2H2,1H3. The first-order valence-electron chi connectivity index (χ1n) is 2.79. The molecule has 0 aromatic heterocycles. The molecule has 0 radical (unpaired) electrons. The lowest BCUT2D eigenvalue weighted by Crippen LogP contribution is -2.31. The van der Waals surface area contributed by atoms with Gasteiger partial charge in [-0.25, -0.2) is 9.59 Å². The smallest absolute Gasteiger partial charge is 0.437 e. The number of nitrogens with zero attached hydrogens (tertiary/aromatic N) is 1. The molecule has 0 spiro atoms. The third kappa shape index (κ3) is 1.46. The number of imide groups is 1. The summed E-state index contributed by atoms with van der Waals surface area (Å²) in [6, 6.07) is 0. The van der Waals surface area contributed by atoms with Gasteiger partial charge in [0.05, 0.1) is 0 Å². The van der Waals surface area contributed by atoms with E-state index in [9.17, 15) is 14.4 Å². The maximum absolute atomic E-state index is 10.6. The van der Waals surface area contributed by atoms with Crippen molar-refractivity contribution in [1.29, 1.82) is 0 Å². The highest BCUT2D eigenvalue weighted by molar-refractivity contribution is 5.97. The zero-order chi connectivity index (χ0) is 8.43. The third-order valence-electron chi connectivity index (χ3n) is 0.931. The first-order chi connectivity index (χ1) is 5.11. The molecule has 6 nitrogen and oxygen atoms in total. The van der Waals surface area contributed by atoms with Gasteiger partial charge in [-0.05, 0) is 0 Å². The van der Waals surface area contributed by atoms with Gasteiger partial charge < -0.3 is 9.57 Å². The Kier molecular flexibility index (Phi) is 1.75. The number of hydroxylamine groups is 2. The number of ether oxygens (including phenoxy) is 1. The average Bonchev–Trinajstić information content (AvgIpc) is 2.18. The summed E-state index contributed by atoms with van der Waals surface area (Å²) >= 11 is 0. The summed E-state index contributed by atoms with van der Waals surface area (Å²) in [5.41, 5.74) is 0. The zero-order valence-electron chi connectivity index (χ0n) is 5.70. The fourth-order valence-corrected chi connectivity index (χ4v) is 0.559. The van der Waals surface area contributed by atoms with E-state index in [1.807, 2.05) is 0 Å². The fraction of sp³-hybridized carbons (Fsp3) is 0.400. The van der Waals surface area contributed by atoms with Gasteiger partial charge in [-0.1, -0.05) is 5.06 Å². The van der Waals surface area contributed by atoms with E-state index in [4.69, 9.17) is 0 Å². The van der Waals surface area contributed by atoms with Gasteiger partial charge in [0.15, 0.2) is 6.61 Å². The molecule has 1 heterocycles. The Labute approximate surface area is 61.6 Å². The Morgan fingerprint density at radius 1 is 1.64 bits per heavy atom.